The third kappa shape index (κ3) is 5.20. The molecule has 0 aliphatic heterocycles. The summed E-state index contributed by atoms with van der Waals surface area (Å²) in [5.74, 6) is 0. The van der Waals surface area contributed by atoms with Gasteiger partial charge < -0.3 is 17.0 Å². The van der Waals surface area contributed by atoms with Gasteiger partial charge >= 0.3 is 0 Å². The van der Waals surface area contributed by atoms with E-state index < -0.39 is 7.26 Å². The van der Waals surface area contributed by atoms with Crippen molar-refractivity contribution in [2.75, 3.05) is 0 Å². The molecule has 3 heteroatoms. The predicted octanol–water partition coefficient (Wildman–Crippen LogP) is 3.87. The molecular formula is C28H27Br2P. The van der Waals surface area contributed by atoms with Crippen molar-refractivity contribution in [3.8, 4) is 0 Å². The molecule has 31 heavy (non-hydrogen) atoms. The average molecular weight is 554 g/mol. The molecule has 0 spiro atoms. The summed E-state index contributed by atoms with van der Waals surface area (Å²) in [6.07, 6.45) is 1.01. The normalized spacial score (nSPS) is 11.1. The summed E-state index contributed by atoms with van der Waals surface area (Å²) in [6.45, 7) is 6.49. The van der Waals surface area contributed by atoms with Gasteiger partial charge in [-0.05, 0) is 74.9 Å². The molecule has 0 atom stereocenters. The first kappa shape index (κ1) is 23.9. The highest BCUT2D eigenvalue weighted by molar-refractivity contribution is 9.10. The standard InChI is InChI=1S/C28H27BrP.BrH/c1-21-4-14-26(15-5-21)30(27-16-6-22(2)7-17-27,28-18-8-23(3)9-19-28)20-24-10-12-25(29)13-11-24;/h4-19H,20H2,1-3H3;1H/q+1;/p-1. The Morgan fingerprint density at radius 2 is 0.839 bits per heavy atom. The lowest BCUT2D eigenvalue weighted by molar-refractivity contribution is -0.00000599. The van der Waals surface area contributed by atoms with Crippen LogP contribution >= 0.6 is 23.2 Å². The molecule has 0 fully saturated rings. The summed E-state index contributed by atoms with van der Waals surface area (Å²) in [4.78, 5) is 0. The summed E-state index contributed by atoms with van der Waals surface area (Å²) >= 11 is 3.59. The Balaban J connectivity index is 0.00000272. The van der Waals surface area contributed by atoms with Crippen molar-refractivity contribution < 1.29 is 17.0 Å². The summed E-state index contributed by atoms with van der Waals surface area (Å²) in [5, 5.41) is 4.30. The van der Waals surface area contributed by atoms with Gasteiger partial charge in [0.2, 0.25) is 0 Å². The van der Waals surface area contributed by atoms with Crippen LogP contribution in [-0.4, -0.2) is 0 Å². The van der Waals surface area contributed by atoms with Crippen LogP contribution in [0, 0.1) is 20.8 Å². The SMILES string of the molecule is Cc1ccc([P+](Cc2ccc(Br)cc2)(c2ccc(C)cc2)c2ccc(C)cc2)cc1.[Br-]. The fourth-order valence-electron chi connectivity index (χ4n) is 3.98. The molecule has 0 N–H and O–H groups in total. The monoisotopic (exact) mass is 552 g/mol. The van der Waals surface area contributed by atoms with E-state index in [0.717, 1.165) is 10.6 Å². The maximum atomic E-state index is 3.59. The fraction of sp³-hybridized carbons (Fsp3) is 0.143. The summed E-state index contributed by atoms with van der Waals surface area (Å²) < 4.78 is 1.12. The van der Waals surface area contributed by atoms with Crippen molar-refractivity contribution in [1.29, 1.82) is 0 Å². The topological polar surface area (TPSA) is 0 Å². The molecule has 4 aromatic carbocycles. The Morgan fingerprint density at radius 3 is 1.16 bits per heavy atom. The molecule has 0 aromatic heterocycles. The van der Waals surface area contributed by atoms with Gasteiger partial charge in [0, 0.05) is 4.47 Å². The molecule has 0 nitrogen and oxygen atoms in total. The number of hydrogen-bond acceptors (Lipinski definition) is 0. The molecule has 0 aliphatic rings. The van der Waals surface area contributed by atoms with E-state index in [9.17, 15) is 0 Å². The smallest absolute Gasteiger partial charge is 0.116 e. The van der Waals surface area contributed by atoms with Crippen molar-refractivity contribution >= 4 is 39.1 Å². The van der Waals surface area contributed by atoms with Gasteiger partial charge in [0.1, 0.15) is 23.2 Å². The number of halogens is 2. The second kappa shape index (κ2) is 10.3. The van der Waals surface area contributed by atoms with Crippen LogP contribution in [0.25, 0.3) is 0 Å². The van der Waals surface area contributed by atoms with Gasteiger partial charge in [-0.2, -0.15) is 0 Å². The molecule has 0 unspecified atom stereocenters. The molecule has 4 aromatic rings. The van der Waals surface area contributed by atoms with E-state index in [2.05, 4.69) is 134 Å². The van der Waals surface area contributed by atoms with E-state index in [1.165, 1.54) is 38.2 Å². The van der Waals surface area contributed by atoms with E-state index in [4.69, 9.17) is 0 Å². The molecule has 0 bridgehead atoms. The van der Waals surface area contributed by atoms with Crippen LogP contribution in [0.4, 0.5) is 0 Å². The lowest BCUT2D eigenvalue weighted by atomic mass is 10.2. The zero-order chi connectivity index (χ0) is 21.1. The molecular weight excluding hydrogens is 527 g/mol. The molecule has 0 saturated carbocycles. The van der Waals surface area contributed by atoms with Gasteiger partial charge in [-0.3, -0.25) is 0 Å². The van der Waals surface area contributed by atoms with Crippen LogP contribution < -0.4 is 32.9 Å². The van der Waals surface area contributed by atoms with Crippen LogP contribution in [0.3, 0.4) is 0 Å². The van der Waals surface area contributed by atoms with Crippen LogP contribution in [0.15, 0.2) is 102 Å². The summed E-state index contributed by atoms with van der Waals surface area (Å²) in [5.41, 5.74) is 5.27. The van der Waals surface area contributed by atoms with Crippen LogP contribution in [0.2, 0.25) is 0 Å². The minimum atomic E-state index is -1.87. The maximum Gasteiger partial charge on any atom is 0.116 e. The minimum Gasteiger partial charge on any atom is -1.00 e. The van der Waals surface area contributed by atoms with Crippen molar-refractivity contribution in [3.63, 3.8) is 0 Å². The predicted molar refractivity (Wildman–Crippen MR) is 137 cm³/mol. The van der Waals surface area contributed by atoms with Gasteiger partial charge in [-0.25, -0.2) is 0 Å². The van der Waals surface area contributed by atoms with Crippen molar-refractivity contribution in [1.82, 2.24) is 0 Å². The van der Waals surface area contributed by atoms with E-state index >= 15 is 0 Å². The van der Waals surface area contributed by atoms with Gasteiger partial charge in [-0.15, -0.1) is 0 Å². The largest absolute Gasteiger partial charge is 1.00 e. The Morgan fingerprint density at radius 1 is 0.516 bits per heavy atom. The van der Waals surface area contributed by atoms with E-state index in [-0.39, 0.29) is 17.0 Å². The number of hydrogen-bond donors (Lipinski definition) is 0. The molecule has 158 valence electrons. The Hall–Kier alpha value is -1.73. The highest BCUT2D eigenvalue weighted by Gasteiger charge is 2.45. The highest BCUT2D eigenvalue weighted by Crippen LogP contribution is 2.58. The van der Waals surface area contributed by atoms with Crippen molar-refractivity contribution in [2.24, 2.45) is 0 Å². The minimum absolute atomic E-state index is 0. The number of rotatable bonds is 5. The van der Waals surface area contributed by atoms with Crippen LogP contribution in [-0.2, 0) is 6.16 Å². The van der Waals surface area contributed by atoms with E-state index in [1.807, 2.05) is 0 Å². The Kier molecular flexibility index (Phi) is 7.92. The fourth-order valence-corrected chi connectivity index (χ4v) is 8.42. The van der Waals surface area contributed by atoms with Gasteiger partial charge in [0.15, 0.2) is 0 Å². The van der Waals surface area contributed by atoms with E-state index in [0.29, 0.717) is 0 Å². The lowest BCUT2D eigenvalue weighted by Gasteiger charge is -2.28. The molecule has 4 rings (SSSR count). The molecule has 0 amide bonds. The van der Waals surface area contributed by atoms with Crippen LogP contribution in [0.5, 0.6) is 0 Å². The maximum absolute atomic E-state index is 3.59. The second-order valence-electron chi connectivity index (χ2n) is 8.10. The first-order valence-electron chi connectivity index (χ1n) is 10.3. The molecule has 0 saturated heterocycles. The lowest BCUT2D eigenvalue weighted by Crippen LogP contribution is -3.00. The number of benzene rings is 4. The van der Waals surface area contributed by atoms with Crippen molar-refractivity contribution in [3.05, 3.63) is 124 Å². The first-order chi connectivity index (χ1) is 14.5. The first-order valence-corrected chi connectivity index (χ1v) is 13.1. The molecule has 0 heterocycles. The zero-order valence-corrected chi connectivity index (χ0v) is 22.2. The summed E-state index contributed by atoms with van der Waals surface area (Å²) in [6, 6.07) is 36.5. The van der Waals surface area contributed by atoms with Gasteiger partial charge in [0.25, 0.3) is 0 Å². The average Bonchev–Trinajstić information content (AvgIpc) is 2.75. The van der Waals surface area contributed by atoms with Gasteiger partial charge in [0.05, 0.1) is 6.16 Å². The second-order valence-corrected chi connectivity index (χ2v) is 12.5. The zero-order valence-electron chi connectivity index (χ0n) is 18.1. The van der Waals surface area contributed by atoms with Gasteiger partial charge in [-0.1, -0.05) is 81.2 Å². The Bertz CT molecular complexity index is 1000. The third-order valence-corrected chi connectivity index (χ3v) is 10.7. The third-order valence-electron chi connectivity index (χ3n) is 5.76. The Labute approximate surface area is 206 Å². The number of aryl methyl sites for hydroxylation is 3. The van der Waals surface area contributed by atoms with Crippen molar-refractivity contribution in [2.45, 2.75) is 26.9 Å². The quantitative estimate of drug-likeness (QED) is 0.329. The molecule has 0 aliphatic carbocycles. The van der Waals surface area contributed by atoms with E-state index in [1.54, 1.807) is 0 Å². The van der Waals surface area contributed by atoms with Crippen LogP contribution in [0.1, 0.15) is 22.3 Å². The highest BCUT2D eigenvalue weighted by atomic mass is 79.9. The molecule has 0 radical (unpaired) electrons. The summed E-state index contributed by atoms with van der Waals surface area (Å²) in [7, 11) is -1.87.